The fourth-order valence-electron chi connectivity index (χ4n) is 3.56. The van der Waals surface area contributed by atoms with Gasteiger partial charge in [0.1, 0.15) is 23.9 Å². The first-order valence-electron chi connectivity index (χ1n) is 12.4. The summed E-state index contributed by atoms with van der Waals surface area (Å²) in [6, 6.07) is 26.6. The van der Waals surface area contributed by atoms with E-state index in [-0.39, 0.29) is 17.9 Å². The van der Waals surface area contributed by atoms with E-state index in [0.29, 0.717) is 35.2 Å². The van der Waals surface area contributed by atoms with E-state index in [1.54, 1.807) is 54.6 Å². The van der Waals surface area contributed by atoms with Crippen LogP contribution in [0.5, 0.6) is 28.7 Å². The minimum Gasteiger partial charge on any atom is -0.493 e. The molecule has 0 radical (unpaired) electrons. The molecule has 0 bridgehead atoms. The van der Waals surface area contributed by atoms with Crippen molar-refractivity contribution in [3.8, 4) is 28.7 Å². The molecule has 4 aromatic rings. The Morgan fingerprint density at radius 3 is 2.20 bits per heavy atom. The zero-order valence-electron chi connectivity index (χ0n) is 22.3. The number of hydrogen-bond acceptors (Lipinski definition) is 8. The molecule has 0 aliphatic rings. The van der Waals surface area contributed by atoms with Gasteiger partial charge in [0.2, 0.25) is 0 Å². The van der Waals surface area contributed by atoms with Gasteiger partial charge in [0.15, 0.2) is 18.1 Å². The molecule has 1 amide bonds. The van der Waals surface area contributed by atoms with Crippen molar-refractivity contribution >= 4 is 34.0 Å². The van der Waals surface area contributed by atoms with E-state index in [9.17, 15) is 9.59 Å². The Labute approximate surface area is 245 Å². The zero-order chi connectivity index (χ0) is 29.0. The van der Waals surface area contributed by atoms with Crippen LogP contribution in [0.3, 0.4) is 0 Å². The number of esters is 1. The SMILES string of the molecule is COc1ccc(C(=O)Oc2ccc(Br)cc2/C=N\NC(=O)COc2ccc(OCc3ccccc3)cc2)cc1OC. The zero-order valence-corrected chi connectivity index (χ0v) is 23.9. The highest BCUT2D eigenvalue weighted by Crippen LogP contribution is 2.29. The van der Waals surface area contributed by atoms with E-state index in [1.807, 2.05) is 30.3 Å². The van der Waals surface area contributed by atoms with Crippen LogP contribution in [-0.4, -0.2) is 38.9 Å². The maximum Gasteiger partial charge on any atom is 0.343 e. The average molecular weight is 619 g/mol. The van der Waals surface area contributed by atoms with Gasteiger partial charge in [-0.05, 0) is 66.2 Å². The lowest BCUT2D eigenvalue weighted by molar-refractivity contribution is -0.123. The Morgan fingerprint density at radius 1 is 0.805 bits per heavy atom. The van der Waals surface area contributed by atoms with Crippen molar-refractivity contribution in [1.29, 1.82) is 0 Å². The number of nitrogens with one attached hydrogen (secondary N) is 1. The molecule has 0 aliphatic carbocycles. The number of amides is 1. The second-order valence-corrected chi connectivity index (χ2v) is 9.38. The van der Waals surface area contributed by atoms with Gasteiger partial charge in [0.25, 0.3) is 5.91 Å². The number of rotatable bonds is 12. The fourth-order valence-corrected chi connectivity index (χ4v) is 3.94. The molecular formula is C31H27BrN2O7. The van der Waals surface area contributed by atoms with Crippen molar-refractivity contribution in [2.24, 2.45) is 5.10 Å². The summed E-state index contributed by atoms with van der Waals surface area (Å²) in [5, 5.41) is 3.98. The predicted octanol–water partition coefficient (Wildman–Crippen LogP) is 5.79. The quantitative estimate of drug-likeness (QED) is 0.0926. The summed E-state index contributed by atoms with van der Waals surface area (Å²) in [5.41, 5.74) is 4.20. The highest BCUT2D eigenvalue weighted by molar-refractivity contribution is 9.10. The van der Waals surface area contributed by atoms with Crippen LogP contribution in [0.4, 0.5) is 0 Å². The van der Waals surface area contributed by atoms with Gasteiger partial charge < -0.3 is 23.7 Å². The highest BCUT2D eigenvalue weighted by atomic mass is 79.9. The van der Waals surface area contributed by atoms with Gasteiger partial charge in [-0.2, -0.15) is 5.10 Å². The van der Waals surface area contributed by atoms with Crippen LogP contribution >= 0.6 is 15.9 Å². The molecular weight excluding hydrogens is 592 g/mol. The van der Waals surface area contributed by atoms with Gasteiger partial charge in [-0.3, -0.25) is 4.79 Å². The third-order valence-corrected chi connectivity index (χ3v) is 6.12. The van der Waals surface area contributed by atoms with Crippen LogP contribution in [-0.2, 0) is 11.4 Å². The molecule has 0 saturated heterocycles. The summed E-state index contributed by atoms with van der Waals surface area (Å²) in [5.74, 6) is 1.26. The maximum absolute atomic E-state index is 12.8. The predicted molar refractivity (Wildman–Crippen MR) is 157 cm³/mol. The van der Waals surface area contributed by atoms with Crippen molar-refractivity contribution in [3.05, 3.63) is 112 Å². The second-order valence-electron chi connectivity index (χ2n) is 8.47. The monoisotopic (exact) mass is 618 g/mol. The van der Waals surface area contributed by atoms with Crippen molar-refractivity contribution in [3.63, 3.8) is 0 Å². The second kappa shape index (κ2) is 14.5. The molecule has 0 fully saturated rings. The van der Waals surface area contributed by atoms with E-state index in [4.69, 9.17) is 23.7 Å². The number of carbonyl (C=O) groups excluding carboxylic acids is 2. The highest BCUT2D eigenvalue weighted by Gasteiger charge is 2.15. The summed E-state index contributed by atoms with van der Waals surface area (Å²) in [4.78, 5) is 25.0. The summed E-state index contributed by atoms with van der Waals surface area (Å²) < 4.78 is 28.1. The van der Waals surface area contributed by atoms with Gasteiger partial charge in [-0.1, -0.05) is 46.3 Å². The summed E-state index contributed by atoms with van der Waals surface area (Å²) >= 11 is 3.39. The smallest absolute Gasteiger partial charge is 0.343 e. The van der Waals surface area contributed by atoms with Gasteiger partial charge in [-0.15, -0.1) is 0 Å². The number of carbonyl (C=O) groups is 2. The lowest BCUT2D eigenvalue weighted by Gasteiger charge is -2.11. The van der Waals surface area contributed by atoms with Crippen LogP contribution in [0.1, 0.15) is 21.5 Å². The molecule has 0 spiro atoms. The first kappa shape index (κ1) is 29.2. The molecule has 41 heavy (non-hydrogen) atoms. The third kappa shape index (κ3) is 8.58. The van der Waals surface area contributed by atoms with E-state index in [1.165, 1.54) is 26.5 Å². The Kier molecular flexibility index (Phi) is 10.3. The third-order valence-electron chi connectivity index (χ3n) is 5.63. The number of methoxy groups -OCH3 is 2. The Bertz CT molecular complexity index is 1510. The molecule has 0 atom stereocenters. The van der Waals surface area contributed by atoms with Crippen molar-refractivity contribution in [1.82, 2.24) is 5.43 Å². The lowest BCUT2D eigenvalue weighted by atomic mass is 10.2. The van der Waals surface area contributed by atoms with Gasteiger partial charge in [-0.25, -0.2) is 10.2 Å². The normalized spacial score (nSPS) is 10.6. The summed E-state index contributed by atoms with van der Waals surface area (Å²) in [7, 11) is 2.99. The first-order chi connectivity index (χ1) is 19.9. The molecule has 0 saturated carbocycles. The van der Waals surface area contributed by atoms with Crippen LogP contribution in [0.25, 0.3) is 0 Å². The van der Waals surface area contributed by atoms with E-state index in [0.717, 1.165) is 10.0 Å². The van der Waals surface area contributed by atoms with Crippen LogP contribution < -0.4 is 29.1 Å². The Balaban J connectivity index is 1.29. The number of benzene rings is 4. The fraction of sp³-hybridized carbons (Fsp3) is 0.129. The molecule has 0 heterocycles. The minimum atomic E-state index is -0.600. The lowest BCUT2D eigenvalue weighted by Crippen LogP contribution is -2.24. The number of nitrogens with zero attached hydrogens (tertiary/aromatic N) is 1. The number of hydrazone groups is 1. The Hall–Kier alpha value is -4.83. The largest absolute Gasteiger partial charge is 0.493 e. The van der Waals surface area contributed by atoms with Crippen LogP contribution in [0.15, 0.2) is 101 Å². The van der Waals surface area contributed by atoms with Crippen LogP contribution in [0, 0.1) is 0 Å². The molecule has 10 heteroatoms. The minimum absolute atomic E-state index is 0.247. The molecule has 210 valence electrons. The van der Waals surface area contributed by atoms with E-state index >= 15 is 0 Å². The number of ether oxygens (including phenoxy) is 5. The van der Waals surface area contributed by atoms with Crippen LogP contribution in [0.2, 0.25) is 0 Å². The summed E-state index contributed by atoms with van der Waals surface area (Å²) in [6.45, 7) is 0.206. The average Bonchev–Trinajstić information content (AvgIpc) is 3.00. The Morgan fingerprint density at radius 2 is 1.49 bits per heavy atom. The van der Waals surface area contributed by atoms with Crippen molar-refractivity contribution in [2.45, 2.75) is 6.61 Å². The first-order valence-corrected chi connectivity index (χ1v) is 13.2. The topological polar surface area (TPSA) is 105 Å². The van der Waals surface area contributed by atoms with Gasteiger partial charge in [0, 0.05) is 10.0 Å². The molecule has 0 aliphatic heterocycles. The standard InChI is InChI=1S/C31H27BrN2O7/c1-37-28-14-8-22(17-29(28)38-2)31(36)41-27-15-9-24(32)16-23(27)18-33-34-30(35)20-40-26-12-10-25(11-13-26)39-19-21-6-4-3-5-7-21/h3-18H,19-20H2,1-2H3,(H,34,35)/b33-18-. The number of halogens is 1. The summed E-state index contributed by atoms with van der Waals surface area (Å²) in [6.07, 6.45) is 1.37. The molecule has 1 N–H and O–H groups in total. The van der Waals surface area contributed by atoms with Gasteiger partial charge in [0.05, 0.1) is 26.0 Å². The molecule has 0 aromatic heterocycles. The van der Waals surface area contributed by atoms with E-state index in [2.05, 4.69) is 26.5 Å². The maximum atomic E-state index is 12.8. The molecule has 9 nitrogen and oxygen atoms in total. The van der Waals surface area contributed by atoms with Gasteiger partial charge >= 0.3 is 5.97 Å². The number of hydrogen-bond donors (Lipinski definition) is 1. The molecule has 0 unspecified atom stereocenters. The van der Waals surface area contributed by atoms with E-state index < -0.39 is 11.9 Å². The molecule has 4 rings (SSSR count). The van der Waals surface area contributed by atoms with Crippen molar-refractivity contribution < 1.29 is 33.3 Å². The molecule has 4 aromatic carbocycles. The van der Waals surface area contributed by atoms with Crippen molar-refractivity contribution in [2.75, 3.05) is 20.8 Å².